The van der Waals surface area contributed by atoms with Crippen LogP contribution in [0.4, 0.5) is 0 Å². The van der Waals surface area contributed by atoms with E-state index in [0.717, 1.165) is 16.0 Å². The Morgan fingerprint density at radius 2 is 2.00 bits per heavy atom. The minimum absolute atomic E-state index is 0.0640. The van der Waals surface area contributed by atoms with Crippen LogP contribution in [0.3, 0.4) is 0 Å². The number of nitrogens with zero attached hydrogens (tertiary/aromatic N) is 3. The first-order valence-electron chi connectivity index (χ1n) is 8.10. The van der Waals surface area contributed by atoms with Gasteiger partial charge < -0.3 is 10.6 Å². The van der Waals surface area contributed by atoms with Crippen molar-refractivity contribution in [3.63, 3.8) is 0 Å². The van der Waals surface area contributed by atoms with E-state index in [2.05, 4.69) is 4.98 Å². The molecule has 0 bridgehead atoms. The van der Waals surface area contributed by atoms with Gasteiger partial charge in [-0.15, -0.1) is 11.3 Å². The van der Waals surface area contributed by atoms with Gasteiger partial charge in [-0.3, -0.25) is 18.8 Å². The van der Waals surface area contributed by atoms with E-state index in [-0.39, 0.29) is 12.1 Å². The van der Waals surface area contributed by atoms with Crippen molar-refractivity contribution < 1.29 is 9.59 Å². The monoisotopic (exact) mass is 368 g/mol. The Hall–Kier alpha value is -3.00. The lowest BCUT2D eigenvalue weighted by Gasteiger charge is -2.34. The second-order valence-electron chi connectivity index (χ2n) is 6.30. The predicted octanol–water partition coefficient (Wildman–Crippen LogP) is 1.12. The van der Waals surface area contributed by atoms with Crippen LogP contribution in [0.1, 0.15) is 26.4 Å². The van der Waals surface area contributed by atoms with E-state index >= 15 is 0 Å². The number of primary amides is 1. The summed E-state index contributed by atoms with van der Waals surface area (Å²) in [6.07, 6.45) is 3.28. The maximum Gasteiger partial charge on any atom is 0.271 e. The van der Waals surface area contributed by atoms with Crippen molar-refractivity contribution in [2.75, 3.05) is 0 Å². The van der Waals surface area contributed by atoms with Gasteiger partial charge in [0, 0.05) is 30.2 Å². The predicted molar refractivity (Wildman–Crippen MR) is 97.1 cm³/mol. The third kappa shape index (κ3) is 2.59. The molecule has 0 aliphatic carbocycles. The number of carbonyl (C=O) groups excluding carboxylic acids is 2. The molecule has 7 nitrogen and oxygen atoms in total. The van der Waals surface area contributed by atoms with Crippen LogP contribution in [0.2, 0.25) is 0 Å². The molecule has 4 rings (SSSR count). The van der Waals surface area contributed by atoms with Gasteiger partial charge in [0.25, 0.3) is 11.5 Å². The first-order chi connectivity index (χ1) is 12.5. The molecule has 2 amide bonds. The van der Waals surface area contributed by atoms with Crippen molar-refractivity contribution in [1.29, 1.82) is 0 Å². The van der Waals surface area contributed by atoms with Gasteiger partial charge in [0.2, 0.25) is 5.91 Å². The highest BCUT2D eigenvalue weighted by molar-refractivity contribution is 7.16. The van der Waals surface area contributed by atoms with E-state index in [0.29, 0.717) is 11.4 Å². The second kappa shape index (κ2) is 6.06. The fourth-order valence-corrected chi connectivity index (χ4v) is 4.07. The minimum Gasteiger partial charge on any atom is -0.368 e. The highest BCUT2D eigenvalue weighted by Gasteiger charge is 2.35. The molecule has 0 unspecified atom stereocenters. The van der Waals surface area contributed by atoms with E-state index in [1.807, 2.05) is 31.2 Å². The molecule has 0 fully saturated rings. The Morgan fingerprint density at radius 1 is 1.27 bits per heavy atom. The van der Waals surface area contributed by atoms with E-state index in [1.165, 1.54) is 26.8 Å². The summed E-state index contributed by atoms with van der Waals surface area (Å²) < 4.78 is 1.37. The average molecular weight is 368 g/mol. The number of hydrogen-bond acceptors (Lipinski definition) is 5. The molecule has 26 heavy (non-hydrogen) atoms. The number of carbonyl (C=O) groups is 2. The highest BCUT2D eigenvalue weighted by Crippen LogP contribution is 2.24. The number of aryl methyl sites for hydroxylation is 1. The van der Waals surface area contributed by atoms with E-state index in [4.69, 9.17) is 5.73 Å². The average Bonchev–Trinajstić information content (AvgIpc) is 3.01. The summed E-state index contributed by atoms with van der Waals surface area (Å²) in [4.78, 5) is 44.7. The number of thiazole rings is 1. The Labute approximate surface area is 152 Å². The molecule has 2 aromatic heterocycles. The smallest absolute Gasteiger partial charge is 0.271 e. The molecule has 3 heterocycles. The van der Waals surface area contributed by atoms with Crippen molar-refractivity contribution in [2.24, 2.45) is 5.73 Å². The fourth-order valence-electron chi connectivity index (χ4n) is 3.29. The lowest BCUT2D eigenvalue weighted by molar-refractivity contribution is -0.122. The van der Waals surface area contributed by atoms with Crippen LogP contribution in [0, 0.1) is 6.92 Å². The lowest BCUT2D eigenvalue weighted by atomic mass is 9.93. The number of amides is 2. The Bertz CT molecular complexity index is 1100. The zero-order valence-corrected chi connectivity index (χ0v) is 14.8. The molecule has 0 saturated carbocycles. The normalized spacial score (nSPS) is 16.5. The van der Waals surface area contributed by atoms with Gasteiger partial charge in [-0.25, -0.2) is 4.98 Å². The Morgan fingerprint density at radius 3 is 2.73 bits per heavy atom. The Balaban J connectivity index is 1.78. The number of aromatic nitrogens is 2. The van der Waals surface area contributed by atoms with Crippen LogP contribution in [-0.4, -0.2) is 32.1 Å². The minimum atomic E-state index is -0.790. The van der Waals surface area contributed by atoms with Gasteiger partial charge in [0.05, 0.1) is 0 Å². The second-order valence-corrected chi connectivity index (χ2v) is 7.51. The molecular weight excluding hydrogens is 352 g/mol. The molecule has 0 saturated heterocycles. The summed E-state index contributed by atoms with van der Waals surface area (Å²) in [5.41, 5.74) is 6.96. The van der Waals surface area contributed by atoms with Crippen molar-refractivity contribution in [3.8, 4) is 0 Å². The molecule has 1 aliphatic rings. The topological polar surface area (TPSA) is 97.8 Å². The van der Waals surface area contributed by atoms with Crippen LogP contribution in [0.15, 0.2) is 41.5 Å². The summed E-state index contributed by atoms with van der Waals surface area (Å²) >= 11 is 1.37. The van der Waals surface area contributed by atoms with Crippen LogP contribution < -0.4 is 11.3 Å². The number of hydrogen-bond donors (Lipinski definition) is 1. The summed E-state index contributed by atoms with van der Waals surface area (Å²) in [5, 5.41) is 0. The maximum atomic E-state index is 13.1. The third-order valence-corrected chi connectivity index (χ3v) is 5.50. The number of nitrogens with two attached hydrogens (primary N) is 1. The van der Waals surface area contributed by atoms with Gasteiger partial charge >= 0.3 is 0 Å². The van der Waals surface area contributed by atoms with Crippen LogP contribution >= 0.6 is 11.3 Å². The van der Waals surface area contributed by atoms with E-state index in [9.17, 15) is 14.4 Å². The lowest BCUT2D eigenvalue weighted by Crippen LogP contribution is -2.52. The number of benzene rings is 1. The largest absolute Gasteiger partial charge is 0.368 e. The molecular formula is C18H16N4O3S. The molecule has 1 aliphatic heterocycles. The summed E-state index contributed by atoms with van der Waals surface area (Å²) in [5.74, 6) is -1.12. The zero-order valence-electron chi connectivity index (χ0n) is 14.0. The van der Waals surface area contributed by atoms with Crippen molar-refractivity contribution in [3.05, 3.63) is 68.6 Å². The quantitative estimate of drug-likeness (QED) is 0.733. The van der Waals surface area contributed by atoms with Gasteiger partial charge in [-0.05, 0) is 18.1 Å². The summed E-state index contributed by atoms with van der Waals surface area (Å²) in [7, 11) is 0. The van der Waals surface area contributed by atoms with E-state index < -0.39 is 23.4 Å². The van der Waals surface area contributed by atoms with Crippen LogP contribution in [-0.2, 0) is 17.8 Å². The molecule has 0 spiro atoms. The molecule has 0 radical (unpaired) electrons. The molecule has 1 aromatic carbocycles. The molecule has 132 valence electrons. The molecule has 1 atom stereocenters. The molecule has 2 N–H and O–H groups in total. The fraction of sp³-hybridized carbons (Fsp3) is 0.222. The maximum absolute atomic E-state index is 13.1. The van der Waals surface area contributed by atoms with Gasteiger partial charge in [-0.1, -0.05) is 24.3 Å². The first kappa shape index (κ1) is 16.5. The van der Waals surface area contributed by atoms with Crippen LogP contribution in [0.25, 0.3) is 4.96 Å². The van der Waals surface area contributed by atoms with Crippen molar-refractivity contribution >= 4 is 28.1 Å². The Kier molecular flexibility index (Phi) is 3.84. The molecule has 8 heteroatoms. The van der Waals surface area contributed by atoms with Gasteiger partial charge in [0.15, 0.2) is 4.96 Å². The highest BCUT2D eigenvalue weighted by atomic mass is 32.1. The number of rotatable bonds is 2. The zero-order chi connectivity index (χ0) is 18.4. The van der Waals surface area contributed by atoms with Crippen molar-refractivity contribution in [1.82, 2.24) is 14.3 Å². The summed E-state index contributed by atoms with van der Waals surface area (Å²) in [6, 6.07) is 6.80. The summed E-state index contributed by atoms with van der Waals surface area (Å²) in [6.45, 7) is 2.10. The standard InChI is InChI=1S/C18H16N4O3S/c1-10-8-22-17(25)13(7-20-18(22)26-10)16(24)21-9-12-5-3-2-4-11(12)6-14(21)15(19)23/h2-5,7-8,14H,6,9H2,1H3,(H2,19,23)/t14-/m0/s1. The molecule has 3 aromatic rings. The van der Waals surface area contributed by atoms with Gasteiger partial charge in [-0.2, -0.15) is 0 Å². The number of fused-ring (bicyclic) bond motifs is 2. The first-order valence-corrected chi connectivity index (χ1v) is 8.92. The van der Waals surface area contributed by atoms with Gasteiger partial charge in [0.1, 0.15) is 11.6 Å². The van der Waals surface area contributed by atoms with Crippen LogP contribution in [0.5, 0.6) is 0 Å². The third-order valence-electron chi connectivity index (χ3n) is 4.59. The van der Waals surface area contributed by atoms with Crippen molar-refractivity contribution in [2.45, 2.75) is 25.9 Å². The van der Waals surface area contributed by atoms with E-state index in [1.54, 1.807) is 6.20 Å². The SMILES string of the molecule is Cc1cn2c(=O)c(C(=O)N3Cc4ccccc4C[C@H]3C(N)=O)cnc2s1.